The third-order valence-electron chi connectivity index (χ3n) is 1.76. The average Bonchev–Trinajstić information content (AvgIpc) is 2.29. The van der Waals surface area contributed by atoms with Crippen molar-refractivity contribution in [3.8, 4) is 0 Å². The number of carbonyl (C=O) groups excluding carboxylic acids is 1. The molecular weight excluding hydrogens is 220 g/mol. The van der Waals surface area contributed by atoms with Gasteiger partial charge in [0.2, 0.25) is 0 Å². The lowest BCUT2D eigenvalue weighted by atomic mass is 10.3. The molecule has 0 aliphatic rings. The van der Waals surface area contributed by atoms with E-state index in [4.69, 9.17) is 0 Å². The average molecular weight is 231 g/mol. The zero-order chi connectivity index (χ0) is 12.0. The van der Waals surface area contributed by atoms with Crippen LogP contribution < -0.4 is 11.3 Å². The molecule has 1 aromatic rings. The Morgan fingerprint density at radius 3 is 2.88 bits per heavy atom. The number of nitrogens with zero attached hydrogens (tertiary/aromatic N) is 1. The number of halogens is 2. The minimum absolute atomic E-state index is 0.189. The van der Waals surface area contributed by atoms with Gasteiger partial charge in [-0.25, -0.2) is 5.84 Å². The first kappa shape index (κ1) is 12.5. The smallest absolute Gasteiger partial charge is 0.312 e. The van der Waals surface area contributed by atoms with Gasteiger partial charge in [0.05, 0.1) is 6.61 Å². The molecule has 1 heterocycles. The van der Waals surface area contributed by atoms with Gasteiger partial charge >= 0.3 is 12.0 Å². The largest absolute Gasteiger partial charge is 0.437 e. The maximum absolute atomic E-state index is 12.8. The van der Waals surface area contributed by atoms with Crippen molar-refractivity contribution >= 4 is 5.91 Å². The predicted octanol–water partition coefficient (Wildman–Crippen LogP) is 0.223. The second kappa shape index (κ2) is 5.47. The number of ether oxygens (including phenoxy) is 1. The number of hydrazine groups is 1. The lowest BCUT2D eigenvalue weighted by molar-refractivity contribution is -0.230. The molecule has 5 nitrogen and oxygen atoms in total. The molecule has 0 saturated carbocycles. The molecule has 88 valence electrons. The molecule has 0 aliphatic carbocycles. The zero-order valence-corrected chi connectivity index (χ0v) is 8.32. The topological polar surface area (TPSA) is 77.2 Å². The molecule has 1 aromatic heterocycles. The molecule has 0 aromatic carbocycles. The third kappa shape index (κ3) is 3.52. The minimum Gasteiger partial charge on any atom is -0.312 e. The molecule has 0 saturated heterocycles. The predicted molar refractivity (Wildman–Crippen MR) is 51.2 cm³/mol. The Bertz CT molecular complexity index is 346. The van der Waals surface area contributed by atoms with Crippen molar-refractivity contribution in [1.29, 1.82) is 0 Å². The summed E-state index contributed by atoms with van der Waals surface area (Å²) in [6.45, 7) is -0.322. The molecule has 0 spiro atoms. The van der Waals surface area contributed by atoms with E-state index in [0.717, 1.165) is 0 Å². The monoisotopic (exact) mass is 231 g/mol. The number of nitrogens with two attached hydrogens (primary N) is 1. The minimum atomic E-state index is -3.91. The summed E-state index contributed by atoms with van der Waals surface area (Å²) in [5.74, 6) is 2.90. The number of hydrogen-bond acceptors (Lipinski definition) is 4. The van der Waals surface area contributed by atoms with Crippen molar-refractivity contribution in [3.05, 3.63) is 30.1 Å². The van der Waals surface area contributed by atoms with E-state index < -0.39 is 12.0 Å². The molecule has 0 radical (unpaired) electrons. The van der Waals surface area contributed by atoms with Gasteiger partial charge in [-0.2, -0.15) is 8.78 Å². The quantitative estimate of drug-likeness (QED) is 0.432. The van der Waals surface area contributed by atoms with Crippen LogP contribution in [0, 0.1) is 0 Å². The molecule has 0 bridgehead atoms. The maximum atomic E-state index is 12.8. The van der Waals surface area contributed by atoms with E-state index in [-0.39, 0.29) is 13.0 Å². The lowest BCUT2D eigenvalue weighted by Gasteiger charge is -2.14. The molecule has 1 rings (SSSR count). The Balaban J connectivity index is 2.38. The van der Waals surface area contributed by atoms with Crippen LogP contribution in [0.5, 0.6) is 0 Å². The number of hydrogen-bond donors (Lipinski definition) is 2. The van der Waals surface area contributed by atoms with Crippen LogP contribution >= 0.6 is 0 Å². The second-order valence-corrected chi connectivity index (χ2v) is 2.91. The van der Waals surface area contributed by atoms with Crippen molar-refractivity contribution in [2.24, 2.45) is 5.84 Å². The van der Waals surface area contributed by atoms with Gasteiger partial charge in [0, 0.05) is 18.3 Å². The number of aromatic nitrogens is 1. The summed E-state index contributed by atoms with van der Waals surface area (Å²) in [6, 6.07) is 5.11. The standard InChI is InChI=1S/C9H11F2N3O2/c10-9(11,8(15)14-12)16-6-4-7-3-1-2-5-13-7/h1-3,5H,4,6,12H2,(H,14,15). The molecule has 0 unspecified atom stereocenters. The zero-order valence-electron chi connectivity index (χ0n) is 8.32. The van der Waals surface area contributed by atoms with Gasteiger partial charge in [0.15, 0.2) is 0 Å². The van der Waals surface area contributed by atoms with E-state index in [0.29, 0.717) is 5.69 Å². The third-order valence-corrected chi connectivity index (χ3v) is 1.76. The molecule has 3 N–H and O–H groups in total. The summed E-state index contributed by atoms with van der Waals surface area (Å²) >= 11 is 0. The lowest BCUT2D eigenvalue weighted by Crippen LogP contribution is -2.45. The van der Waals surface area contributed by atoms with E-state index in [1.54, 1.807) is 24.4 Å². The normalized spacial score (nSPS) is 11.2. The fraction of sp³-hybridized carbons (Fsp3) is 0.333. The first-order valence-corrected chi connectivity index (χ1v) is 4.49. The van der Waals surface area contributed by atoms with E-state index in [1.807, 2.05) is 0 Å². The summed E-state index contributed by atoms with van der Waals surface area (Å²) < 4.78 is 29.7. The first-order chi connectivity index (χ1) is 7.56. The number of carbonyl (C=O) groups is 1. The molecule has 0 aliphatic heterocycles. The van der Waals surface area contributed by atoms with E-state index in [9.17, 15) is 13.6 Å². The number of amides is 1. The Morgan fingerprint density at radius 2 is 2.31 bits per heavy atom. The molecule has 0 fully saturated rings. The highest BCUT2D eigenvalue weighted by atomic mass is 19.3. The van der Waals surface area contributed by atoms with Gasteiger partial charge in [0.25, 0.3) is 0 Å². The van der Waals surface area contributed by atoms with Gasteiger partial charge in [-0.3, -0.25) is 15.2 Å². The van der Waals surface area contributed by atoms with Gasteiger partial charge in [-0.05, 0) is 12.1 Å². The molecule has 7 heteroatoms. The van der Waals surface area contributed by atoms with Gasteiger partial charge in [-0.1, -0.05) is 6.07 Å². The molecule has 0 atom stereocenters. The van der Waals surface area contributed by atoms with Crippen molar-refractivity contribution in [2.75, 3.05) is 6.61 Å². The highest BCUT2D eigenvalue weighted by molar-refractivity contribution is 5.81. The molecule has 16 heavy (non-hydrogen) atoms. The van der Waals surface area contributed by atoms with Crippen molar-refractivity contribution < 1.29 is 18.3 Å². The maximum Gasteiger partial charge on any atom is 0.437 e. The first-order valence-electron chi connectivity index (χ1n) is 4.49. The van der Waals surface area contributed by atoms with Crippen molar-refractivity contribution in [2.45, 2.75) is 12.5 Å². The summed E-state index contributed by atoms with van der Waals surface area (Å²) in [6.07, 6.45) is -2.18. The fourth-order valence-electron chi connectivity index (χ4n) is 0.979. The van der Waals surface area contributed by atoms with Gasteiger partial charge in [-0.15, -0.1) is 0 Å². The van der Waals surface area contributed by atoms with Crippen LogP contribution in [-0.2, 0) is 16.0 Å². The van der Waals surface area contributed by atoms with E-state index in [2.05, 4.69) is 15.6 Å². The number of nitrogens with one attached hydrogen (secondary N) is 1. The Kier molecular flexibility index (Phi) is 4.27. The highest BCUT2D eigenvalue weighted by Crippen LogP contribution is 2.15. The highest BCUT2D eigenvalue weighted by Gasteiger charge is 2.39. The van der Waals surface area contributed by atoms with Crippen molar-refractivity contribution in [1.82, 2.24) is 10.4 Å². The summed E-state index contributed by atoms with van der Waals surface area (Å²) in [7, 11) is 0. The van der Waals surface area contributed by atoms with E-state index >= 15 is 0 Å². The second-order valence-electron chi connectivity index (χ2n) is 2.91. The van der Waals surface area contributed by atoms with Crippen LogP contribution in [0.1, 0.15) is 5.69 Å². The molecular formula is C9H11F2N3O2. The van der Waals surface area contributed by atoms with Gasteiger partial charge in [0.1, 0.15) is 0 Å². The van der Waals surface area contributed by atoms with Crippen LogP contribution in [0.15, 0.2) is 24.4 Å². The van der Waals surface area contributed by atoms with Gasteiger partial charge < -0.3 is 4.74 Å². The van der Waals surface area contributed by atoms with Crippen LogP contribution in [-0.4, -0.2) is 23.6 Å². The van der Waals surface area contributed by atoms with Crippen LogP contribution in [0.4, 0.5) is 8.78 Å². The summed E-state index contributed by atoms with van der Waals surface area (Å²) in [4.78, 5) is 14.5. The van der Waals surface area contributed by atoms with Crippen LogP contribution in [0.25, 0.3) is 0 Å². The Morgan fingerprint density at radius 1 is 1.56 bits per heavy atom. The summed E-state index contributed by atoms with van der Waals surface area (Å²) in [5.41, 5.74) is 1.93. The van der Waals surface area contributed by atoms with E-state index in [1.165, 1.54) is 5.43 Å². The Labute approximate surface area is 90.6 Å². The van der Waals surface area contributed by atoms with Crippen molar-refractivity contribution in [3.63, 3.8) is 0 Å². The van der Waals surface area contributed by atoms with Crippen LogP contribution in [0.3, 0.4) is 0 Å². The SMILES string of the molecule is NNC(=O)C(F)(F)OCCc1ccccn1. The summed E-state index contributed by atoms with van der Waals surface area (Å²) in [5, 5.41) is 0. The fourth-order valence-corrected chi connectivity index (χ4v) is 0.979. The van der Waals surface area contributed by atoms with Crippen LogP contribution in [0.2, 0.25) is 0 Å². The molecule has 1 amide bonds. The number of pyridine rings is 1. The number of rotatable bonds is 5. The number of alkyl halides is 2. The Hall–Kier alpha value is -1.60.